The van der Waals surface area contributed by atoms with E-state index in [2.05, 4.69) is 10.6 Å². The number of anilines is 2. The Hall–Kier alpha value is -2.22. The van der Waals surface area contributed by atoms with E-state index in [-0.39, 0.29) is 11.8 Å². The Morgan fingerprint density at radius 2 is 2.04 bits per heavy atom. The molecule has 0 radical (unpaired) electrons. The molecule has 0 saturated carbocycles. The minimum atomic E-state index is -0.723. The number of thioether (sulfide) groups is 1. The van der Waals surface area contributed by atoms with Crippen LogP contribution in [0.4, 0.5) is 16.2 Å². The van der Waals surface area contributed by atoms with Crippen molar-refractivity contribution in [2.24, 2.45) is 5.73 Å². The molecule has 1 aliphatic rings. The molecule has 1 aliphatic heterocycles. The van der Waals surface area contributed by atoms with Gasteiger partial charge >= 0.3 is 6.03 Å². The molecule has 1 saturated heterocycles. The van der Waals surface area contributed by atoms with Crippen LogP contribution >= 0.6 is 11.8 Å². The van der Waals surface area contributed by atoms with Crippen molar-refractivity contribution in [1.29, 1.82) is 0 Å². The van der Waals surface area contributed by atoms with Crippen molar-refractivity contribution in [1.82, 2.24) is 5.32 Å². The summed E-state index contributed by atoms with van der Waals surface area (Å²) in [6.45, 7) is 0.726. The number of primary amides is 1. The Bertz CT molecular complexity index is 606. The molecule has 1 heterocycles. The summed E-state index contributed by atoms with van der Waals surface area (Å²) >= 11 is 1.59. The van der Waals surface area contributed by atoms with E-state index in [1.54, 1.807) is 40.9 Å². The van der Waals surface area contributed by atoms with Gasteiger partial charge in [-0.05, 0) is 49.1 Å². The highest BCUT2D eigenvalue weighted by Gasteiger charge is 2.22. The monoisotopic (exact) mass is 350 g/mol. The Morgan fingerprint density at radius 1 is 1.33 bits per heavy atom. The summed E-state index contributed by atoms with van der Waals surface area (Å²) in [5, 5.41) is 5.22. The molecule has 1 atom stereocenters. The SMILES string of the molecule is CSCCC(NC(N)=O)C(=O)Nc1ccc(N2CCCC2=O)cc1. The van der Waals surface area contributed by atoms with Crippen molar-refractivity contribution < 1.29 is 14.4 Å². The Labute approximate surface area is 145 Å². The van der Waals surface area contributed by atoms with Crippen molar-refractivity contribution in [3.63, 3.8) is 0 Å². The molecule has 0 aromatic heterocycles. The third-order valence-electron chi connectivity index (χ3n) is 3.76. The highest BCUT2D eigenvalue weighted by Crippen LogP contribution is 2.23. The zero-order chi connectivity index (χ0) is 17.5. The Morgan fingerprint density at radius 3 is 2.58 bits per heavy atom. The van der Waals surface area contributed by atoms with Crippen LogP contribution in [0.3, 0.4) is 0 Å². The van der Waals surface area contributed by atoms with Gasteiger partial charge in [0.1, 0.15) is 6.04 Å². The predicted molar refractivity (Wildman–Crippen MR) is 96.2 cm³/mol. The molecule has 2 rings (SSSR count). The summed E-state index contributed by atoms with van der Waals surface area (Å²) in [6.07, 6.45) is 3.87. The molecule has 1 aromatic carbocycles. The van der Waals surface area contributed by atoms with E-state index in [0.29, 0.717) is 18.5 Å². The van der Waals surface area contributed by atoms with E-state index < -0.39 is 12.1 Å². The molecule has 4 N–H and O–H groups in total. The van der Waals surface area contributed by atoms with E-state index in [1.165, 1.54) is 0 Å². The molecule has 4 amide bonds. The Kier molecular flexibility index (Phi) is 6.48. The van der Waals surface area contributed by atoms with Crippen LogP contribution in [-0.2, 0) is 9.59 Å². The molecule has 8 heteroatoms. The quantitative estimate of drug-likeness (QED) is 0.694. The smallest absolute Gasteiger partial charge is 0.312 e. The van der Waals surface area contributed by atoms with E-state index >= 15 is 0 Å². The number of benzene rings is 1. The van der Waals surface area contributed by atoms with Crippen LogP contribution in [0.2, 0.25) is 0 Å². The molecule has 1 aromatic rings. The third kappa shape index (κ3) is 4.89. The largest absolute Gasteiger partial charge is 0.352 e. The summed E-state index contributed by atoms with van der Waals surface area (Å²) in [7, 11) is 0. The lowest BCUT2D eigenvalue weighted by Gasteiger charge is -2.18. The van der Waals surface area contributed by atoms with Crippen LogP contribution in [-0.4, -0.2) is 42.4 Å². The number of nitrogens with two attached hydrogens (primary N) is 1. The average molecular weight is 350 g/mol. The second kappa shape index (κ2) is 8.58. The third-order valence-corrected chi connectivity index (χ3v) is 4.41. The standard InChI is InChI=1S/C16H22N4O3S/c1-24-10-8-13(19-16(17)23)15(22)18-11-4-6-12(7-5-11)20-9-2-3-14(20)21/h4-7,13H,2-3,8-10H2,1H3,(H,18,22)(H3,17,19,23). The lowest BCUT2D eigenvalue weighted by Crippen LogP contribution is -2.46. The van der Waals surface area contributed by atoms with Crippen LogP contribution < -0.4 is 21.3 Å². The molecule has 1 fully saturated rings. The minimum absolute atomic E-state index is 0.120. The molecule has 0 bridgehead atoms. The number of carbonyl (C=O) groups is 3. The van der Waals surface area contributed by atoms with Gasteiger partial charge in [0.25, 0.3) is 0 Å². The molecule has 0 aliphatic carbocycles. The zero-order valence-corrected chi connectivity index (χ0v) is 14.4. The van der Waals surface area contributed by atoms with Crippen molar-refractivity contribution in [3.05, 3.63) is 24.3 Å². The lowest BCUT2D eigenvalue weighted by molar-refractivity contribution is -0.118. The maximum absolute atomic E-state index is 12.3. The van der Waals surface area contributed by atoms with E-state index in [9.17, 15) is 14.4 Å². The van der Waals surface area contributed by atoms with Gasteiger partial charge in [-0.2, -0.15) is 11.8 Å². The van der Waals surface area contributed by atoms with E-state index in [1.807, 2.05) is 6.26 Å². The fourth-order valence-electron chi connectivity index (χ4n) is 2.55. The van der Waals surface area contributed by atoms with Gasteiger partial charge in [-0.3, -0.25) is 9.59 Å². The van der Waals surface area contributed by atoms with Gasteiger partial charge in [0, 0.05) is 24.3 Å². The number of hydrogen-bond acceptors (Lipinski definition) is 4. The maximum Gasteiger partial charge on any atom is 0.312 e. The predicted octanol–water partition coefficient (Wildman–Crippen LogP) is 1.54. The van der Waals surface area contributed by atoms with Gasteiger partial charge < -0.3 is 21.3 Å². The van der Waals surface area contributed by atoms with Gasteiger partial charge in [-0.15, -0.1) is 0 Å². The van der Waals surface area contributed by atoms with E-state index in [4.69, 9.17) is 5.73 Å². The van der Waals surface area contributed by atoms with Crippen LogP contribution in [0.5, 0.6) is 0 Å². The number of rotatable bonds is 7. The van der Waals surface area contributed by atoms with Crippen LogP contribution in [0.15, 0.2) is 24.3 Å². The first-order valence-corrected chi connectivity index (χ1v) is 9.17. The molecular weight excluding hydrogens is 328 g/mol. The normalized spacial score (nSPS) is 15.2. The average Bonchev–Trinajstić information content (AvgIpc) is 2.98. The van der Waals surface area contributed by atoms with Crippen molar-refractivity contribution in [2.45, 2.75) is 25.3 Å². The number of hydrogen-bond donors (Lipinski definition) is 3. The zero-order valence-electron chi connectivity index (χ0n) is 13.6. The molecule has 24 heavy (non-hydrogen) atoms. The lowest BCUT2D eigenvalue weighted by atomic mass is 10.2. The highest BCUT2D eigenvalue weighted by atomic mass is 32.2. The molecule has 0 spiro atoms. The first-order valence-electron chi connectivity index (χ1n) is 7.77. The first-order chi connectivity index (χ1) is 11.5. The number of urea groups is 1. The van der Waals surface area contributed by atoms with Gasteiger partial charge in [0.15, 0.2) is 0 Å². The van der Waals surface area contributed by atoms with Crippen molar-refractivity contribution >= 4 is 41.0 Å². The fraction of sp³-hybridized carbons (Fsp3) is 0.438. The summed E-state index contributed by atoms with van der Waals surface area (Å²) < 4.78 is 0. The summed E-state index contributed by atoms with van der Waals surface area (Å²) in [6, 6.07) is 5.70. The highest BCUT2D eigenvalue weighted by molar-refractivity contribution is 7.98. The Balaban J connectivity index is 1.99. The summed E-state index contributed by atoms with van der Waals surface area (Å²) in [4.78, 5) is 36.8. The van der Waals surface area contributed by atoms with Crippen LogP contribution in [0, 0.1) is 0 Å². The van der Waals surface area contributed by atoms with Gasteiger partial charge in [0.2, 0.25) is 11.8 Å². The fourth-order valence-corrected chi connectivity index (χ4v) is 3.02. The number of nitrogens with one attached hydrogen (secondary N) is 2. The number of nitrogens with zero attached hydrogens (tertiary/aromatic N) is 1. The van der Waals surface area contributed by atoms with Crippen LogP contribution in [0.25, 0.3) is 0 Å². The second-order valence-electron chi connectivity index (χ2n) is 5.53. The topological polar surface area (TPSA) is 105 Å². The summed E-state index contributed by atoms with van der Waals surface area (Å²) in [5.74, 6) is 0.538. The van der Waals surface area contributed by atoms with Gasteiger partial charge in [0.05, 0.1) is 0 Å². The number of amides is 4. The van der Waals surface area contributed by atoms with Crippen molar-refractivity contribution in [2.75, 3.05) is 28.8 Å². The van der Waals surface area contributed by atoms with E-state index in [0.717, 1.165) is 24.4 Å². The van der Waals surface area contributed by atoms with Gasteiger partial charge in [-0.25, -0.2) is 4.79 Å². The molecule has 1 unspecified atom stereocenters. The molecular formula is C16H22N4O3S. The minimum Gasteiger partial charge on any atom is -0.352 e. The first kappa shape index (κ1) is 18.1. The summed E-state index contributed by atoms with van der Waals surface area (Å²) in [5.41, 5.74) is 6.56. The molecule has 7 nitrogen and oxygen atoms in total. The second-order valence-corrected chi connectivity index (χ2v) is 6.51. The maximum atomic E-state index is 12.3. The van der Waals surface area contributed by atoms with Gasteiger partial charge in [-0.1, -0.05) is 0 Å². The molecule has 130 valence electrons. The van der Waals surface area contributed by atoms with Crippen molar-refractivity contribution in [3.8, 4) is 0 Å². The number of carbonyl (C=O) groups excluding carboxylic acids is 3. The van der Waals surface area contributed by atoms with Crippen LogP contribution in [0.1, 0.15) is 19.3 Å².